The summed E-state index contributed by atoms with van der Waals surface area (Å²) in [5, 5.41) is 22.6. The number of rotatable bonds is 5. The quantitative estimate of drug-likeness (QED) is 0.862. The average molecular weight is 352 g/mol. The van der Waals surface area contributed by atoms with Crippen LogP contribution in [0.15, 0.2) is 30.3 Å². The fourth-order valence-electron chi connectivity index (χ4n) is 4.07. The Labute approximate surface area is 155 Å². The van der Waals surface area contributed by atoms with Crippen LogP contribution >= 0.6 is 0 Å². The Morgan fingerprint density at radius 2 is 1.92 bits per heavy atom. The molecule has 138 valence electrons. The number of aromatic hydroxyl groups is 1. The number of anilines is 1. The standard InChI is InChI=1S/C21H28N4O/c26-19-14-16(6-7-18-5-1-2-10-22-18)13-17(15-19)20-8-9-21(24-23-20)25-11-3-4-12-25/h8-9,13-15,18,22,26H,1-7,10-12H2/t18-/m0/s1. The van der Waals surface area contributed by atoms with Gasteiger partial charge in [0.2, 0.25) is 0 Å². The Hall–Kier alpha value is -2.14. The molecule has 2 N–H and O–H groups in total. The normalized spacial score (nSPS) is 20.5. The fraction of sp³-hybridized carbons (Fsp3) is 0.524. The van der Waals surface area contributed by atoms with Crippen LogP contribution in [0.5, 0.6) is 5.75 Å². The highest BCUT2D eigenvalue weighted by molar-refractivity contribution is 5.63. The molecule has 1 aromatic heterocycles. The minimum atomic E-state index is 0.305. The van der Waals surface area contributed by atoms with Gasteiger partial charge in [-0.25, -0.2) is 0 Å². The van der Waals surface area contributed by atoms with Crippen molar-refractivity contribution in [2.45, 2.75) is 51.0 Å². The van der Waals surface area contributed by atoms with Crippen molar-refractivity contribution in [3.63, 3.8) is 0 Å². The van der Waals surface area contributed by atoms with Crippen molar-refractivity contribution in [2.75, 3.05) is 24.5 Å². The molecule has 2 aliphatic heterocycles. The van der Waals surface area contributed by atoms with Crippen LogP contribution in [0.3, 0.4) is 0 Å². The lowest BCUT2D eigenvalue weighted by Gasteiger charge is -2.23. The summed E-state index contributed by atoms with van der Waals surface area (Å²) in [5.74, 6) is 1.26. The van der Waals surface area contributed by atoms with Gasteiger partial charge in [-0.15, -0.1) is 10.2 Å². The number of piperidine rings is 1. The topological polar surface area (TPSA) is 61.3 Å². The highest BCUT2D eigenvalue weighted by Crippen LogP contribution is 2.26. The highest BCUT2D eigenvalue weighted by atomic mass is 16.3. The molecule has 0 unspecified atom stereocenters. The van der Waals surface area contributed by atoms with Gasteiger partial charge in [-0.05, 0) is 81.0 Å². The summed E-state index contributed by atoms with van der Waals surface area (Å²) in [6.07, 6.45) is 8.42. The van der Waals surface area contributed by atoms with E-state index < -0.39 is 0 Å². The van der Waals surface area contributed by atoms with Crippen LogP contribution in [0.1, 0.15) is 44.1 Å². The molecule has 0 aliphatic carbocycles. The highest BCUT2D eigenvalue weighted by Gasteiger charge is 2.15. The zero-order valence-electron chi connectivity index (χ0n) is 15.3. The number of nitrogens with zero attached hydrogens (tertiary/aromatic N) is 3. The average Bonchev–Trinajstić information content (AvgIpc) is 3.22. The van der Waals surface area contributed by atoms with Gasteiger partial charge in [-0.1, -0.05) is 6.42 Å². The Kier molecular flexibility index (Phi) is 5.34. The van der Waals surface area contributed by atoms with Crippen LogP contribution in [0.4, 0.5) is 5.82 Å². The molecule has 5 heteroatoms. The largest absolute Gasteiger partial charge is 0.508 e. The molecule has 0 amide bonds. The summed E-state index contributed by atoms with van der Waals surface area (Å²) in [5.41, 5.74) is 2.93. The maximum absolute atomic E-state index is 10.1. The lowest BCUT2D eigenvalue weighted by molar-refractivity contribution is 0.382. The minimum Gasteiger partial charge on any atom is -0.508 e. The first-order valence-electron chi connectivity index (χ1n) is 9.93. The number of hydrogen-bond donors (Lipinski definition) is 2. The molecule has 2 saturated heterocycles. The molecule has 0 bridgehead atoms. The van der Waals surface area contributed by atoms with Gasteiger partial charge in [0.05, 0.1) is 5.69 Å². The van der Waals surface area contributed by atoms with Crippen molar-refractivity contribution in [1.29, 1.82) is 0 Å². The molecule has 2 aromatic rings. The summed E-state index contributed by atoms with van der Waals surface area (Å²) in [4.78, 5) is 2.28. The summed E-state index contributed by atoms with van der Waals surface area (Å²) < 4.78 is 0. The zero-order valence-corrected chi connectivity index (χ0v) is 15.3. The summed E-state index contributed by atoms with van der Waals surface area (Å²) >= 11 is 0. The SMILES string of the molecule is Oc1cc(CC[C@@H]2CCCCN2)cc(-c2ccc(N3CCCC3)nn2)c1. The van der Waals surface area contributed by atoms with Crippen molar-refractivity contribution in [3.05, 3.63) is 35.9 Å². The third-order valence-electron chi connectivity index (χ3n) is 5.55. The number of phenolic OH excluding ortho intramolecular Hbond substituents is 1. The number of nitrogens with one attached hydrogen (secondary N) is 1. The smallest absolute Gasteiger partial charge is 0.151 e. The van der Waals surface area contributed by atoms with E-state index in [1.807, 2.05) is 18.2 Å². The molecule has 1 atom stereocenters. The molecule has 0 spiro atoms. The first-order valence-corrected chi connectivity index (χ1v) is 9.93. The third kappa shape index (κ3) is 4.15. The van der Waals surface area contributed by atoms with E-state index in [1.54, 1.807) is 6.07 Å². The number of benzene rings is 1. The molecular formula is C21H28N4O. The van der Waals surface area contributed by atoms with Crippen LogP contribution in [-0.2, 0) is 6.42 Å². The van der Waals surface area contributed by atoms with Gasteiger partial charge in [-0.3, -0.25) is 0 Å². The molecule has 4 rings (SSSR count). The van der Waals surface area contributed by atoms with E-state index in [0.29, 0.717) is 11.8 Å². The van der Waals surface area contributed by atoms with Crippen molar-refractivity contribution in [3.8, 4) is 17.0 Å². The van der Waals surface area contributed by atoms with Gasteiger partial charge in [0, 0.05) is 24.7 Å². The number of aryl methyl sites for hydroxylation is 1. The monoisotopic (exact) mass is 352 g/mol. The number of hydrogen-bond acceptors (Lipinski definition) is 5. The van der Waals surface area contributed by atoms with Crippen molar-refractivity contribution < 1.29 is 5.11 Å². The molecule has 26 heavy (non-hydrogen) atoms. The summed E-state index contributed by atoms with van der Waals surface area (Å²) in [7, 11) is 0. The lowest BCUT2D eigenvalue weighted by atomic mass is 9.96. The van der Waals surface area contributed by atoms with Gasteiger partial charge in [0.15, 0.2) is 5.82 Å². The van der Waals surface area contributed by atoms with E-state index >= 15 is 0 Å². The summed E-state index contributed by atoms with van der Waals surface area (Å²) in [6.45, 7) is 3.27. The second-order valence-corrected chi connectivity index (χ2v) is 7.54. The Morgan fingerprint density at radius 1 is 1.04 bits per heavy atom. The first-order chi connectivity index (χ1) is 12.8. The van der Waals surface area contributed by atoms with Gasteiger partial charge in [-0.2, -0.15) is 0 Å². The maximum Gasteiger partial charge on any atom is 0.151 e. The lowest BCUT2D eigenvalue weighted by Crippen LogP contribution is -2.34. The Morgan fingerprint density at radius 3 is 2.65 bits per heavy atom. The second kappa shape index (κ2) is 8.04. The van der Waals surface area contributed by atoms with Gasteiger partial charge in [0.25, 0.3) is 0 Å². The van der Waals surface area contributed by atoms with Crippen LogP contribution in [-0.4, -0.2) is 41.0 Å². The predicted octanol–water partition coefficient (Wildman–Crippen LogP) is 3.52. The zero-order chi connectivity index (χ0) is 17.8. The third-order valence-corrected chi connectivity index (χ3v) is 5.55. The Balaban J connectivity index is 1.46. The first kappa shape index (κ1) is 17.3. The van der Waals surface area contributed by atoms with E-state index in [4.69, 9.17) is 0 Å². The van der Waals surface area contributed by atoms with E-state index in [0.717, 1.165) is 55.1 Å². The molecule has 2 aliphatic rings. The molecule has 1 aromatic carbocycles. The Bertz CT molecular complexity index is 719. The number of phenols is 1. The van der Waals surface area contributed by atoms with Crippen LogP contribution in [0, 0.1) is 0 Å². The molecule has 0 saturated carbocycles. The van der Waals surface area contributed by atoms with Crippen molar-refractivity contribution >= 4 is 5.82 Å². The van der Waals surface area contributed by atoms with E-state index in [2.05, 4.69) is 26.5 Å². The van der Waals surface area contributed by atoms with Crippen molar-refractivity contribution in [1.82, 2.24) is 15.5 Å². The number of aromatic nitrogens is 2. The van der Waals surface area contributed by atoms with E-state index in [-0.39, 0.29) is 0 Å². The van der Waals surface area contributed by atoms with E-state index in [1.165, 1.54) is 32.1 Å². The van der Waals surface area contributed by atoms with Crippen molar-refractivity contribution in [2.24, 2.45) is 0 Å². The summed E-state index contributed by atoms with van der Waals surface area (Å²) in [6, 6.07) is 10.5. The van der Waals surface area contributed by atoms with Gasteiger partial charge >= 0.3 is 0 Å². The van der Waals surface area contributed by atoms with Crippen LogP contribution < -0.4 is 10.2 Å². The molecule has 3 heterocycles. The van der Waals surface area contributed by atoms with E-state index in [9.17, 15) is 5.11 Å². The molecule has 5 nitrogen and oxygen atoms in total. The fourth-order valence-corrected chi connectivity index (χ4v) is 4.07. The van der Waals surface area contributed by atoms with Crippen LogP contribution in [0.25, 0.3) is 11.3 Å². The van der Waals surface area contributed by atoms with Crippen LogP contribution in [0.2, 0.25) is 0 Å². The van der Waals surface area contributed by atoms with Gasteiger partial charge < -0.3 is 15.3 Å². The maximum atomic E-state index is 10.1. The minimum absolute atomic E-state index is 0.305. The molecule has 0 radical (unpaired) electrons. The molecule has 2 fully saturated rings. The second-order valence-electron chi connectivity index (χ2n) is 7.54. The predicted molar refractivity (Wildman–Crippen MR) is 105 cm³/mol. The molecular weight excluding hydrogens is 324 g/mol. The van der Waals surface area contributed by atoms with Gasteiger partial charge in [0.1, 0.15) is 5.75 Å².